The first-order chi connectivity index (χ1) is 4.97. The van der Waals surface area contributed by atoms with Crippen molar-refractivity contribution in [3.63, 3.8) is 0 Å². The number of hydrogen-bond donors (Lipinski definition) is 3. The molecule has 0 aromatic carbocycles. The van der Waals surface area contributed by atoms with Gasteiger partial charge in [-0.25, -0.2) is 0 Å². The Hall–Kier alpha value is -1.03. The van der Waals surface area contributed by atoms with Crippen molar-refractivity contribution < 1.29 is 0 Å². The smallest absolute Gasteiger partial charge is 0.123 e. The molecule has 0 aliphatic carbocycles. The van der Waals surface area contributed by atoms with Crippen molar-refractivity contribution in [1.82, 2.24) is 16.0 Å². The van der Waals surface area contributed by atoms with E-state index in [1.807, 2.05) is 6.21 Å². The number of nitrogens with zero attached hydrogens (tertiary/aromatic N) is 1. The van der Waals surface area contributed by atoms with Crippen LogP contribution in [0.25, 0.3) is 0 Å². The normalized spacial score (nSPS) is 23.2. The summed E-state index contributed by atoms with van der Waals surface area (Å²) < 4.78 is 0. The standard InChI is InChI=1S/C6H10N4/c1-2-9-6-5(8-1)3-7-4-10-6/h1,7,9-10H,2-4H2. The van der Waals surface area contributed by atoms with Crippen LogP contribution in [0.1, 0.15) is 0 Å². The van der Waals surface area contributed by atoms with E-state index >= 15 is 0 Å². The molecule has 4 nitrogen and oxygen atoms in total. The van der Waals surface area contributed by atoms with Crippen molar-refractivity contribution in [3.05, 3.63) is 11.5 Å². The van der Waals surface area contributed by atoms with Gasteiger partial charge in [-0.15, -0.1) is 0 Å². The summed E-state index contributed by atoms with van der Waals surface area (Å²) in [5.41, 5.74) is 1.08. The average molecular weight is 138 g/mol. The van der Waals surface area contributed by atoms with Crippen molar-refractivity contribution in [1.29, 1.82) is 0 Å². The van der Waals surface area contributed by atoms with Crippen LogP contribution in [-0.2, 0) is 0 Å². The van der Waals surface area contributed by atoms with Gasteiger partial charge in [0.1, 0.15) is 5.82 Å². The quantitative estimate of drug-likeness (QED) is 0.401. The van der Waals surface area contributed by atoms with Crippen LogP contribution in [-0.4, -0.2) is 26.0 Å². The van der Waals surface area contributed by atoms with E-state index in [2.05, 4.69) is 20.9 Å². The maximum Gasteiger partial charge on any atom is 0.123 e. The van der Waals surface area contributed by atoms with Crippen LogP contribution in [0.15, 0.2) is 16.5 Å². The second-order valence-electron chi connectivity index (χ2n) is 2.29. The SMILES string of the molecule is C1=NC2=C(NC1)NCNC2. The van der Waals surface area contributed by atoms with Crippen LogP contribution in [0, 0.1) is 0 Å². The van der Waals surface area contributed by atoms with Crippen molar-refractivity contribution in [2.45, 2.75) is 0 Å². The summed E-state index contributed by atoms with van der Waals surface area (Å²) in [7, 11) is 0. The Balaban J connectivity index is 2.23. The van der Waals surface area contributed by atoms with Gasteiger partial charge in [-0.2, -0.15) is 0 Å². The molecule has 0 saturated carbocycles. The number of nitrogens with one attached hydrogen (secondary N) is 3. The highest BCUT2D eigenvalue weighted by Gasteiger charge is 2.11. The zero-order chi connectivity index (χ0) is 6.81. The molecule has 0 saturated heterocycles. The summed E-state index contributed by atoms with van der Waals surface area (Å²) >= 11 is 0. The first-order valence-corrected chi connectivity index (χ1v) is 3.41. The molecule has 0 aromatic heterocycles. The van der Waals surface area contributed by atoms with Crippen LogP contribution in [0.4, 0.5) is 0 Å². The zero-order valence-corrected chi connectivity index (χ0v) is 5.65. The van der Waals surface area contributed by atoms with Gasteiger partial charge < -0.3 is 10.6 Å². The molecule has 0 aromatic rings. The monoisotopic (exact) mass is 138 g/mol. The summed E-state index contributed by atoms with van der Waals surface area (Å²) in [6.07, 6.45) is 1.88. The van der Waals surface area contributed by atoms with Crippen molar-refractivity contribution in [2.75, 3.05) is 19.8 Å². The molecule has 54 valence electrons. The van der Waals surface area contributed by atoms with Gasteiger partial charge in [0.25, 0.3) is 0 Å². The first-order valence-electron chi connectivity index (χ1n) is 3.41. The molecular weight excluding hydrogens is 128 g/mol. The van der Waals surface area contributed by atoms with E-state index in [1.165, 1.54) is 0 Å². The molecule has 0 radical (unpaired) electrons. The highest BCUT2D eigenvalue weighted by Crippen LogP contribution is 2.04. The third-order valence-electron chi connectivity index (χ3n) is 1.59. The Morgan fingerprint density at radius 1 is 1.40 bits per heavy atom. The fraction of sp³-hybridized carbons (Fsp3) is 0.500. The van der Waals surface area contributed by atoms with E-state index < -0.39 is 0 Å². The molecule has 2 heterocycles. The number of hydrogen-bond acceptors (Lipinski definition) is 4. The Kier molecular flexibility index (Phi) is 1.32. The maximum absolute atomic E-state index is 4.22. The summed E-state index contributed by atoms with van der Waals surface area (Å²) in [6.45, 7) is 2.54. The highest BCUT2D eigenvalue weighted by atomic mass is 15.2. The molecule has 0 spiro atoms. The largest absolute Gasteiger partial charge is 0.365 e. The third kappa shape index (κ3) is 0.863. The van der Waals surface area contributed by atoms with Crippen molar-refractivity contribution in [2.24, 2.45) is 4.99 Å². The van der Waals surface area contributed by atoms with Crippen molar-refractivity contribution in [3.8, 4) is 0 Å². The lowest BCUT2D eigenvalue weighted by Crippen LogP contribution is -2.43. The van der Waals surface area contributed by atoms with E-state index in [0.717, 1.165) is 31.3 Å². The van der Waals surface area contributed by atoms with E-state index in [9.17, 15) is 0 Å². The third-order valence-corrected chi connectivity index (χ3v) is 1.59. The molecule has 0 bridgehead atoms. The number of aliphatic imine (C=N–C) groups is 1. The van der Waals surface area contributed by atoms with Gasteiger partial charge in [0.2, 0.25) is 0 Å². The van der Waals surface area contributed by atoms with Crippen LogP contribution in [0.3, 0.4) is 0 Å². The van der Waals surface area contributed by atoms with Gasteiger partial charge in [-0.05, 0) is 0 Å². The van der Waals surface area contributed by atoms with E-state index in [0.29, 0.717) is 0 Å². The van der Waals surface area contributed by atoms with Gasteiger partial charge in [0.15, 0.2) is 0 Å². The Labute approximate surface area is 59.4 Å². The predicted octanol–water partition coefficient (Wildman–Crippen LogP) is -1.02. The first kappa shape index (κ1) is 5.73. The predicted molar refractivity (Wildman–Crippen MR) is 39.5 cm³/mol. The Morgan fingerprint density at radius 2 is 2.40 bits per heavy atom. The molecule has 4 heteroatoms. The van der Waals surface area contributed by atoms with Crippen molar-refractivity contribution >= 4 is 6.21 Å². The second-order valence-corrected chi connectivity index (χ2v) is 2.29. The number of rotatable bonds is 0. The van der Waals surface area contributed by atoms with Gasteiger partial charge in [0.05, 0.1) is 18.9 Å². The Morgan fingerprint density at radius 3 is 3.30 bits per heavy atom. The fourth-order valence-corrected chi connectivity index (χ4v) is 1.10. The lowest BCUT2D eigenvalue weighted by Gasteiger charge is -2.23. The molecule has 0 amide bonds. The van der Waals surface area contributed by atoms with Crippen LogP contribution >= 0.6 is 0 Å². The molecule has 0 atom stereocenters. The topological polar surface area (TPSA) is 48.5 Å². The molecule has 0 unspecified atom stereocenters. The summed E-state index contributed by atoms with van der Waals surface area (Å²) in [4.78, 5) is 4.22. The molecule has 0 fully saturated rings. The molecule has 3 N–H and O–H groups in total. The van der Waals surface area contributed by atoms with Gasteiger partial charge in [0, 0.05) is 12.8 Å². The molecule has 10 heavy (non-hydrogen) atoms. The van der Waals surface area contributed by atoms with E-state index in [1.54, 1.807) is 0 Å². The van der Waals surface area contributed by atoms with Crippen LogP contribution in [0.5, 0.6) is 0 Å². The second kappa shape index (κ2) is 2.30. The van der Waals surface area contributed by atoms with E-state index in [-0.39, 0.29) is 0 Å². The van der Waals surface area contributed by atoms with E-state index in [4.69, 9.17) is 0 Å². The zero-order valence-electron chi connectivity index (χ0n) is 5.65. The lowest BCUT2D eigenvalue weighted by atomic mass is 10.3. The summed E-state index contributed by atoms with van der Waals surface area (Å²) in [5, 5.41) is 9.53. The van der Waals surface area contributed by atoms with Gasteiger partial charge >= 0.3 is 0 Å². The molecule has 2 aliphatic heterocycles. The maximum atomic E-state index is 4.22. The molecule has 2 aliphatic rings. The Bertz CT molecular complexity index is 194. The molecule has 2 rings (SSSR count). The highest BCUT2D eigenvalue weighted by molar-refractivity contribution is 5.63. The minimum absolute atomic E-state index is 0.835. The van der Waals surface area contributed by atoms with Gasteiger partial charge in [-0.1, -0.05) is 0 Å². The minimum Gasteiger partial charge on any atom is -0.365 e. The minimum atomic E-state index is 0.835. The summed E-state index contributed by atoms with van der Waals surface area (Å²) in [6, 6.07) is 0. The average Bonchev–Trinajstić information content (AvgIpc) is 2.05. The van der Waals surface area contributed by atoms with Gasteiger partial charge in [-0.3, -0.25) is 10.3 Å². The van der Waals surface area contributed by atoms with Crippen LogP contribution in [0.2, 0.25) is 0 Å². The van der Waals surface area contributed by atoms with Crippen LogP contribution < -0.4 is 16.0 Å². The lowest BCUT2D eigenvalue weighted by molar-refractivity contribution is 0.571. The fourth-order valence-electron chi connectivity index (χ4n) is 1.10. The summed E-state index contributed by atoms with van der Waals surface area (Å²) in [5.74, 6) is 1.08. The molecular formula is C6H10N4.